The molecule has 4 N–H and O–H groups in total. The van der Waals surface area contributed by atoms with Gasteiger partial charge >= 0.3 is 6.03 Å². The molecule has 1 saturated heterocycles. The summed E-state index contributed by atoms with van der Waals surface area (Å²) in [6, 6.07) is 11.5. The summed E-state index contributed by atoms with van der Waals surface area (Å²) in [6.07, 6.45) is -0.203. The van der Waals surface area contributed by atoms with Crippen LogP contribution >= 0.6 is 0 Å². The molecular formula is C24H28N4O6S. The first-order valence-electron chi connectivity index (χ1n) is 11.1. The van der Waals surface area contributed by atoms with Crippen LogP contribution in [0, 0.1) is 0 Å². The molecule has 11 heteroatoms. The van der Waals surface area contributed by atoms with Gasteiger partial charge in [-0.1, -0.05) is 30.3 Å². The average Bonchev–Trinajstić information content (AvgIpc) is 2.82. The van der Waals surface area contributed by atoms with E-state index in [1.807, 2.05) is 6.07 Å². The Kier molecular flexibility index (Phi) is 7.90. The van der Waals surface area contributed by atoms with Gasteiger partial charge in [0.15, 0.2) is 9.84 Å². The van der Waals surface area contributed by atoms with Crippen molar-refractivity contribution in [2.45, 2.75) is 55.5 Å². The van der Waals surface area contributed by atoms with Gasteiger partial charge in [0.25, 0.3) is 5.91 Å². The molecule has 0 aliphatic carbocycles. The maximum Gasteiger partial charge on any atom is 0.322 e. The monoisotopic (exact) mass is 500 g/mol. The van der Waals surface area contributed by atoms with Gasteiger partial charge in [0.2, 0.25) is 11.8 Å². The molecule has 0 saturated carbocycles. The van der Waals surface area contributed by atoms with Crippen molar-refractivity contribution in [3.8, 4) is 0 Å². The molecule has 2 aromatic carbocycles. The highest BCUT2D eigenvalue weighted by molar-refractivity contribution is 7.92. The highest BCUT2D eigenvalue weighted by atomic mass is 32.2. The van der Waals surface area contributed by atoms with Crippen LogP contribution < -0.4 is 21.3 Å². The van der Waals surface area contributed by atoms with E-state index >= 15 is 0 Å². The minimum absolute atomic E-state index is 0.130. The van der Waals surface area contributed by atoms with Gasteiger partial charge in [-0.2, -0.15) is 0 Å². The van der Waals surface area contributed by atoms with Crippen molar-refractivity contribution in [2.75, 3.05) is 0 Å². The number of sulfone groups is 1. The molecule has 1 aliphatic heterocycles. The topological polar surface area (TPSA) is 151 Å². The lowest BCUT2D eigenvalue weighted by molar-refractivity contribution is -0.129. The number of nitrogens with one attached hydrogen (secondary N) is 4. The number of rotatable bonds is 8. The fourth-order valence-electron chi connectivity index (χ4n) is 3.62. The van der Waals surface area contributed by atoms with Crippen molar-refractivity contribution in [3.63, 3.8) is 0 Å². The smallest absolute Gasteiger partial charge is 0.322 e. The minimum Gasteiger partial charge on any atom is -0.347 e. The first-order chi connectivity index (χ1) is 16.5. The molecule has 35 heavy (non-hydrogen) atoms. The maximum absolute atomic E-state index is 12.9. The molecule has 0 aromatic heterocycles. The molecular weight excluding hydrogens is 472 g/mol. The highest BCUT2D eigenvalue weighted by Crippen LogP contribution is 2.20. The second-order valence-electron chi connectivity index (χ2n) is 8.56. The van der Waals surface area contributed by atoms with E-state index in [1.165, 1.54) is 24.3 Å². The lowest BCUT2D eigenvalue weighted by atomic mass is 9.99. The van der Waals surface area contributed by atoms with Crippen molar-refractivity contribution in [1.29, 1.82) is 0 Å². The van der Waals surface area contributed by atoms with Crippen molar-refractivity contribution in [3.05, 3.63) is 65.7 Å². The van der Waals surface area contributed by atoms with Gasteiger partial charge in [0.05, 0.1) is 28.6 Å². The van der Waals surface area contributed by atoms with E-state index < -0.39 is 57.0 Å². The van der Waals surface area contributed by atoms with Crippen LogP contribution in [-0.4, -0.2) is 49.5 Å². The lowest BCUT2D eigenvalue weighted by Crippen LogP contribution is -2.58. The van der Waals surface area contributed by atoms with E-state index in [-0.39, 0.29) is 16.9 Å². The molecule has 0 spiro atoms. The van der Waals surface area contributed by atoms with Crippen LogP contribution in [0.2, 0.25) is 0 Å². The molecule has 5 amide bonds. The Hall–Kier alpha value is -3.73. The third-order valence-electron chi connectivity index (χ3n) is 5.65. The third-order valence-corrected chi connectivity index (χ3v) is 7.82. The van der Waals surface area contributed by atoms with Crippen LogP contribution in [-0.2, 0) is 19.4 Å². The minimum atomic E-state index is -3.46. The van der Waals surface area contributed by atoms with Gasteiger partial charge in [-0.05, 0) is 50.6 Å². The zero-order valence-corrected chi connectivity index (χ0v) is 20.4. The van der Waals surface area contributed by atoms with E-state index in [9.17, 15) is 27.6 Å². The standard InChI is InChI=1S/C24H28N4O6S/c1-14(2)35(33,34)18-11-9-17(10-12-18)22(30)25-15(3)21(16-7-5-4-6-8-16)28-23(31)19-13-20(29)27-24(32)26-19/h4-12,14-15,19,21H,13H2,1-3H3,(H,25,30)(H,28,31)(H2,26,27,29,32)/t15?,19-,21?/m0/s1. The molecule has 1 fully saturated rings. The Morgan fingerprint density at radius 1 is 0.943 bits per heavy atom. The lowest BCUT2D eigenvalue weighted by Gasteiger charge is -2.29. The van der Waals surface area contributed by atoms with Crippen LogP contribution in [0.3, 0.4) is 0 Å². The second kappa shape index (κ2) is 10.7. The number of carbonyl (C=O) groups is 4. The molecule has 186 valence electrons. The Balaban J connectivity index is 1.76. The van der Waals surface area contributed by atoms with Crippen LogP contribution in [0.1, 0.15) is 49.2 Å². The number of hydrogen-bond donors (Lipinski definition) is 4. The molecule has 2 aromatic rings. The molecule has 10 nitrogen and oxygen atoms in total. The highest BCUT2D eigenvalue weighted by Gasteiger charge is 2.32. The predicted octanol–water partition coefficient (Wildman–Crippen LogP) is 1.44. The van der Waals surface area contributed by atoms with E-state index in [4.69, 9.17) is 0 Å². The molecule has 3 rings (SSSR count). The zero-order chi connectivity index (χ0) is 25.8. The van der Waals surface area contributed by atoms with Crippen molar-refractivity contribution >= 4 is 33.6 Å². The number of carbonyl (C=O) groups excluding carboxylic acids is 4. The number of benzene rings is 2. The summed E-state index contributed by atoms with van der Waals surface area (Å²) in [6.45, 7) is 4.88. The van der Waals surface area contributed by atoms with Gasteiger partial charge in [0.1, 0.15) is 6.04 Å². The van der Waals surface area contributed by atoms with Crippen molar-refractivity contribution in [1.82, 2.24) is 21.3 Å². The van der Waals surface area contributed by atoms with Gasteiger partial charge in [-0.25, -0.2) is 13.2 Å². The molecule has 0 radical (unpaired) electrons. The maximum atomic E-state index is 12.9. The fraction of sp³-hybridized carbons (Fsp3) is 0.333. The van der Waals surface area contributed by atoms with Gasteiger partial charge in [0, 0.05) is 5.56 Å². The largest absolute Gasteiger partial charge is 0.347 e. The van der Waals surface area contributed by atoms with E-state index in [0.29, 0.717) is 5.56 Å². The van der Waals surface area contributed by atoms with Crippen LogP contribution in [0.25, 0.3) is 0 Å². The number of amides is 5. The van der Waals surface area contributed by atoms with Gasteiger partial charge < -0.3 is 16.0 Å². The summed E-state index contributed by atoms with van der Waals surface area (Å²) in [5, 5.41) is 9.55. The number of hydrogen-bond acceptors (Lipinski definition) is 6. The summed E-state index contributed by atoms with van der Waals surface area (Å²) in [5.41, 5.74) is 0.965. The molecule has 1 aliphatic rings. The Morgan fingerprint density at radius 2 is 1.57 bits per heavy atom. The van der Waals surface area contributed by atoms with Crippen molar-refractivity contribution < 1.29 is 27.6 Å². The molecule has 0 bridgehead atoms. The average molecular weight is 501 g/mol. The SMILES string of the molecule is CC(NC(=O)c1ccc(S(=O)(=O)C(C)C)cc1)C(NC(=O)[C@@H]1CC(=O)NC(=O)N1)c1ccccc1. The van der Waals surface area contributed by atoms with Crippen LogP contribution in [0.4, 0.5) is 4.79 Å². The fourth-order valence-corrected chi connectivity index (χ4v) is 4.68. The zero-order valence-electron chi connectivity index (χ0n) is 19.6. The molecule has 2 unspecified atom stereocenters. The normalized spacial score (nSPS) is 17.7. The summed E-state index contributed by atoms with van der Waals surface area (Å²) < 4.78 is 24.6. The second-order valence-corrected chi connectivity index (χ2v) is 11.1. The summed E-state index contributed by atoms with van der Waals surface area (Å²) in [5.74, 6) is -1.58. The van der Waals surface area contributed by atoms with E-state index in [2.05, 4.69) is 21.3 Å². The number of urea groups is 1. The predicted molar refractivity (Wildman–Crippen MR) is 128 cm³/mol. The Bertz CT molecular complexity index is 1200. The van der Waals surface area contributed by atoms with E-state index in [0.717, 1.165) is 0 Å². The Morgan fingerprint density at radius 3 is 2.14 bits per heavy atom. The first-order valence-corrected chi connectivity index (χ1v) is 12.6. The summed E-state index contributed by atoms with van der Waals surface area (Å²) in [7, 11) is -3.46. The summed E-state index contributed by atoms with van der Waals surface area (Å²) >= 11 is 0. The third kappa shape index (κ3) is 6.24. The van der Waals surface area contributed by atoms with E-state index in [1.54, 1.807) is 45.0 Å². The van der Waals surface area contributed by atoms with Crippen LogP contribution in [0.5, 0.6) is 0 Å². The quantitative estimate of drug-likeness (QED) is 0.431. The molecule has 1 heterocycles. The number of imide groups is 1. The van der Waals surface area contributed by atoms with Gasteiger partial charge in [-0.3, -0.25) is 19.7 Å². The molecule has 3 atom stereocenters. The van der Waals surface area contributed by atoms with Crippen LogP contribution in [0.15, 0.2) is 59.5 Å². The summed E-state index contributed by atoms with van der Waals surface area (Å²) in [4.78, 5) is 49.1. The Labute approximate surface area is 203 Å². The first kappa shape index (κ1) is 25.9. The van der Waals surface area contributed by atoms with Crippen molar-refractivity contribution in [2.24, 2.45) is 0 Å². The van der Waals surface area contributed by atoms with Gasteiger partial charge in [-0.15, -0.1) is 0 Å².